The lowest BCUT2D eigenvalue weighted by molar-refractivity contribution is -0.144. The fourth-order valence-corrected chi connectivity index (χ4v) is 2.64. The van der Waals surface area contributed by atoms with Gasteiger partial charge in [-0.3, -0.25) is 14.5 Å². The summed E-state index contributed by atoms with van der Waals surface area (Å²) in [6, 6.07) is 10.1. The Labute approximate surface area is 165 Å². The molecule has 0 spiro atoms. The van der Waals surface area contributed by atoms with Crippen LogP contribution in [0, 0.1) is 5.82 Å². The van der Waals surface area contributed by atoms with Gasteiger partial charge in [0.25, 0.3) is 0 Å². The molecule has 0 atom stereocenters. The lowest BCUT2D eigenvalue weighted by Gasteiger charge is -2.21. The minimum atomic E-state index is -4.62. The quantitative estimate of drug-likeness (QED) is 0.529. The molecule has 1 amide bonds. The van der Waals surface area contributed by atoms with Crippen molar-refractivity contribution in [3.8, 4) is 0 Å². The van der Waals surface area contributed by atoms with E-state index in [1.165, 1.54) is 41.3 Å². The van der Waals surface area contributed by atoms with Gasteiger partial charge in [0, 0.05) is 6.54 Å². The molecular weight excluding hydrogens is 392 g/mol. The molecular formula is C20H20F4N2O3. The van der Waals surface area contributed by atoms with Gasteiger partial charge in [-0.1, -0.05) is 24.3 Å². The van der Waals surface area contributed by atoms with Crippen LogP contribution in [0.5, 0.6) is 0 Å². The fourth-order valence-electron chi connectivity index (χ4n) is 2.64. The van der Waals surface area contributed by atoms with Gasteiger partial charge < -0.3 is 10.1 Å². The molecule has 0 aliphatic rings. The lowest BCUT2D eigenvalue weighted by Crippen LogP contribution is -2.37. The number of rotatable bonds is 8. The first-order valence-corrected chi connectivity index (χ1v) is 8.77. The van der Waals surface area contributed by atoms with E-state index in [0.717, 1.165) is 12.1 Å². The number of benzene rings is 2. The van der Waals surface area contributed by atoms with Gasteiger partial charge in [0.05, 0.1) is 30.9 Å². The first-order chi connectivity index (χ1) is 13.7. The third-order valence-corrected chi connectivity index (χ3v) is 3.85. The molecule has 9 heteroatoms. The van der Waals surface area contributed by atoms with Crippen molar-refractivity contribution >= 4 is 17.6 Å². The minimum Gasteiger partial charge on any atom is -0.465 e. The van der Waals surface area contributed by atoms with Crippen LogP contribution >= 0.6 is 0 Å². The van der Waals surface area contributed by atoms with Crippen molar-refractivity contribution in [1.29, 1.82) is 0 Å². The van der Waals surface area contributed by atoms with Crippen molar-refractivity contribution < 1.29 is 31.9 Å². The number of amides is 1. The largest absolute Gasteiger partial charge is 0.465 e. The summed E-state index contributed by atoms with van der Waals surface area (Å²) in [5.41, 5.74) is -0.717. The average Bonchev–Trinajstić information content (AvgIpc) is 2.63. The summed E-state index contributed by atoms with van der Waals surface area (Å²) < 4.78 is 57.2. The number of carbonyl (C=O) groups is 2. The molecule has 1 N–H and O–H groups in total. The second-order valence-corrected chi connectivity index (χ2v) is 6.17. The molecule has 0 aromatic heterocycles. The van der Waals surface area contributed by atoms with Crippen molar-refractivity contribution in [1.82, 2.24) is 4.90 Å². The molecule has 2 aromatic rings. The molecule has 0 saturated carbocycles. The Morgan fingerprint density at radius 3 is 2.31 bits per heavy atom. The topological polar surface area (TPSA) is 58.6 Å². The number of alkyl halides is 3. The predicted octanol–water partition coefficient (Wildman–Crippen LogP) is 3.85. The van der Waals surface area contributed by atoms with Gasteiger partial charge in [0.15, 0.2) is 0 Å². The van der Waals surface area contributed by atoms with E-state index in [1.807, 2.05) is 0 Å². The molecule has 2 aromatic carbocycles. The van der Waals surface area contributed by atoms with Gasteiger partial charge in [-0.25, -0.2) is 4.39 Å². The number of nitrogens with zero attached hydrogens (tertiary/aromatic N) is 1. The average molecular weight is 412 g/mol. The monoisotopic (exact) mass is 412 g/mol. The van der Waals surface area contributed by atoms with Gasteiger partial charge in [-0.15, -0.1) is 0 Å². The van der Waals surface area contributed by atoms with E-state index in [4.69, 9.17) is 4.74 Å². The minimum absolute atomic E-state index is 0.105. The molecule has 0 aliphatic carbocycles. The van der Waals surface area contributed by atoms with E-state index >= 15 is 0 Å². The van der Waals surface area contributed by atoms with Crippen LogP contribution in [0.4, 0.5) is 23.2 Å². The van der Waals surface area contributed by atoms with E-state index in [9.17, 15) is 27.2 Å². The number of ether oxygens (including phenoxy) is 1. The smallest absolute Gasteiger partial charge is 0.418 e. The molecule has 0 aliphatic heterocycles. The van der Waals surface area contributed by atoms with Crippen LogP contribution in [-0.4, -0.2) is 36.5 Å². The summed E-state index contributed by atoms with van der Waals surface area (Å²) in [6.45, 7) is 1.27. The molecule has 5 nitrogen and oxygen atoms in total. The highest BCUT2D eigenvalue weighted by atomic mass is 19.4. The van der Waals surface area contributed by atoms with Crippen LogP contribution in [0.3, 0.4) is 0 Å². The number of hydrogen-bond donors (Lipinski definition) is 1. The van der Waals surface area contributed by atoms with Crippen molar-refractivity contribution in [2.24, 2.45) is 0 Å². The first kappa shape index (κ1) is 22.4. The van der Waals surface area contributed by atoms with E-state index < -0.39 is 29.4 Å². The van der Waals surface area contributed by atoms with Crippen LogP contribution in [0.1, 0.15) is 18.1 Å². The second kappa shape index (κ2) is 10.0. The molecule has 0 bridgehead atoms. The van der Waals surface area contributed by atoms with Gasteiger partial charge in [-0.05, 0) is 36.8 Å². The second-order valence-electron chi connectivity index (χ2n) is 6.17. The number of carbonyl (C=O) groups excluding carboxylic acids is 2. The van der Waals surface area contributed by atoms with Crippen LogP contribution in [0.2, 0.25) is 0 Å². The maximum Gasteiger partial charge on any atom is 0.418 e. The molecule has 0 saturated heterocycles. The Bertz CT molecular complexity index is 838. The van der Waals surface area contributed by atoms with E-state index in [0.29, 0.717) is 5.56 Å². The fraction of sp³-hybridized carbons (Fsp3) is 0.300. The number of anilines is 1. The summed E-state index contributed by atoms with van der Waals surface area (Å²) in [7, 11) is 0. The number of para-hydroxylation sites is 1. The third kappa shape index (κ3) is 7.19. The van der Waals surface area contributed by atoms with Gasteiger partial charge in [0.2, 0.25) is 5.91 Å². The maximum atomic E-state index is 13.1. The summed E-state index contributed by atoms with van der Waals surface area (Å²) in [6.07, 6.45) is -4.62. The molecule has 0 heterocycles. The molecule has 0 radical (unpaired) electrons. The predicted molar refractivity (Wildman–Crippen MR) is 98.4 cm³/mol. The van der Waals surface area contributed by atoms with Crippen LogP contribution in [0.15, 0.2) is 48.5 Å². The summed E-state index contributed by atoms with van der Waals surface area (Å²) in [5.74, 6) is -1.75. The Morgan fingerprint density at radius 2 is 1.69 bits per heavy atom. The zero-order valence-electron chi connectivity index (χ0n) is 15.6. The van der Waals surface area contributed by atoms with E-state index in [1.54, 1.807) is 6.92 Å². The van der Waals surface area contributed by atoms with Crippen molar-refractivity contribution in [2.45, 2.75) is 19.6 Å². The molecule has 0 unspecified atom stereocenters. The highest BCUT2D eigenvalue weighted by Gasteiger charge is 2.33. The van der Waals surface area contributed by atoms with E-state index in [2.05, 4.69) is 5.32 Å². The zero-order valence-corrected chi connectivity index (χ0v) is 15.6. The third-order valence-electron chi connectivity index (χ3n) is 3.85. The number of esters is 1. The maximum absolute atomic E-state index is 13.1. The van der Waals surface area contributed by atoms with Crippen LogP contribution in [-0.2, 0) is 27.0 Å². The Morgan fingerprint density at radius 1 is 1.03 bits per heavy atom. The van der Waals surface area contributed by atoms with Crippen molar-refractivity contribution in [3.05, 3.63) is 65.5 Å². The number of hydrogen-bond acceptors (Lipinski definition) is 4. The zero-order chi connectivity index (χ0) is 21.4. The van der Waals surface area contributed by atoms with Gasteiger partial charge in [0.1, 0.15) is 5.82 Å². The normalized spacial score (nSPS) is 11.4. The summed E-state index contributed by atoms with van der Waals surface area (Å²) >= 11 is 0. The van der Waals surface area contributed by atoms with Gasteiger partial charge in [-0.2, -0.15) is 13.2 Å². The van der Waals surface area contributed by atoms with E-state index in [-0.39, 0.29) is 31.9 Å². The Hall–Kier alpha value is -2.94. The van der Waals surface area contributed by atoms with Crippen LogP contribution < -0.4 is 5.32 Å². The lowest BCUT2D eigenvalue weighted by atomic mass is 10.1. The molecule has 0 fully saturated rings. The van der Waals surface area contributed by atoms with Crippen LogP contribution in [0.25, 0.3) is 0 Å². The van der Waals surface area contributed by atoms with Crippen molar-refractivity contribution in [3.63, 3.8) is 0 Å². The molecule has 156 valence electrons. The highest BCUT2D eigenvalue weighted by Crippen LogP contribution is 2.34. The standard InChI is InChI=1S/C20H20F4N2O3/c1-2-29-19(28)13-26(11-14-7-9-15(21)10-8-14)12-18(27)25-17-6-4-3-5-16(17)20(22,23)24/h3-10H,2,11-13H2,1H3,(H,25,27). The first-order valence-electron chi connectivity index (χ1n) is 8.77. The molecule has 2 rings (SSSR count). The van der Waals surface area contributed by atoms with Gasteiger partial charge >= 0.3 is 12.1 Å². The summed E-state index contributed by atoms with van der Waals surface area (Å²) in [5, 5.41) is 2.23. The SMILES string of the molecule is CCOC(=O)CN(CC(=O)Nc1ccccc1C(F)(F)F)Cc1ccc(F)cc1. The molecule has 29 heavy (non-hydrogen) atoms. The Kier molecular flexibility index (Phi) is 7.72. The number of nitrogens with one attached hydrogen (secondary N) is 1. The Balaban J connectivity index is 2.12. The number of halogens is 4. The summed E-state index contributed by atoms with van der Waals surface area (Å²) in [4.78, 5) is 25.6. The highest BCUT2D eigenvalue weighted by molar-refractivity contribution is 5.93. The van der Waals surface area contributed by atoms with Crippen molar-refractivity contribution in [2.75, 3.05) is 25.0 Å².